The third-order valence-corrected chi connectivity index (χ3v) is 8.19. The summed E-state index contributed by atoms with van der Waals surface area (Å²) in [6, 6.07) is 15.6. The molecule has 3 aromatic rings. The minimum atomic E-state index is -0.447. The molecular formula is C30H31ClN6O3S. The lowest BCUT2D eigenvalue weighted by molar-refractivity contribution is -0.129. The molecule has 0 radical (unpaired) electrons. The molecule has 0 saturated carbocycles. The maximum absolute atomic E-state index is 13.4. The number of carbonyl (C=O) groups excluding carboxylic acids is 3. The fourth-order valence-corrected chi connectivity index (χ4v) is 5.68. The van der Waals surface area contributed by atoms with E-state index < -0.39 is 5.91 Å². The first-order chi connectivity index (χ1) is 19.9. The summed E-state index contributed by atoms with van der Waals surface area (Å²) in [5, 5.41) is 6.09. The molecule has 41 heavy (non-hydrogen) atoms. The molecule has 9 nitrogen and oxygen atoms in total. The van der Waals surface area contributed by atoms with E-state index in [0.717, 1.165) is 61.7 Å². The number of benzene rings is 2. The number of hydrogen-bond acceptors (Lipinski definition) is 7. The molecule has 0 bridgehead atoms. The van der Waals surface area contributed by atoms with Crippen LogP contribution in [0.3, 0.4) is 0 Å². The van der Waals surface area contributed by atoms with Crippen LogP contribution in [-0.4, -0.2) is 77.3 Å². The van der Waals surface area contributed by atoms with Crippen LogP contribution in [-0.2, 0) is 4.79 Å². The summed E-state index contributed by atoms with van der Waals surface area (Å²) in [6.45, 7) is 3.20. The zero-order chi connectivity index (χ0) is 28.8. The fraction of sp³-hybridized carbons (Fsp3) is 0.300. The van der Waals surface area contributed by atoms with E-state index in [2.05, 4.69) is 25.5 Å². The first-order valence-electron chi connectivity index (χ1n) is 13.5. The van der Waals surface area contributed by atoms with Crippen molar-refractivity contribution in [3.05, 3.63) is 82.5 Å². The van der Waals surface area contributed by atoms with Crippen molar-refractivity contribution in [2.24, 2.45) is 4.99 Å². The second-order valence-corrected chi connectivity index (χ2v) is 11.4. The molecule has 2 aromatic carbocycles. The largest absolute Gasteiger partial charge is 0.358 e. The number of pyridine rings is 1. The number of carbonyl (C=O) groups is 3. The van der Waals surface area contributed by atoms with Gasteiger partial charge < -0.3 is 20.4 Å². The van der Waals surface area contributed by atoms with E-state index in [-0.39, 0.29) is 23.1 Å². The van der Waals surface area contributed by atoms with Gasteiger partial charge in [0, 0.05) is 48.9 Å². The molecule has 3 heterocycles. The summed E-state index contributed by atoms with van der Waals surface area (Å²) in [5.41, 5.74) is 1.99. The number of aliphatic imine (C=N–C) groups is 1. The number of halogens is 1. The number of thioether (sulfide) groups is 1. The highest BCUT2D eigenvalue weighted by molar-refractivity contribution is 8.00. The van der Waals surface area contributed by atoms with E-state index in [1.165, 1.54) is 18.0 Å². The first-order valence-corrected chi connectivity index (χ1v) is 14.9. The minimum absolute atomic E-state index is 0.0849. The number of rotatable bonds is 8. The van der Waals surface area contributed by atoms with Gasteiger partial charge in [-0.05, 0) is 61.7 Å². The number of anilines is 2. The highest BCUT2D eigenvalue weighted by atomic mass is 35.5. The second kappa shape index (κ2) is 13.2. The van der Waals surface area contributed by atoms with Crippen molar-refractivity contribution in [1.29, 1.82) is 0 Å². The van der Waals surface area contributed by atoms with Crippen molar-refractivity contribution in [2.45, 2.75) is 24.2 Å². The molecule has 0 spiro atoms. The van der Waals surface area contributed by atoms with E-state index in [1.807, 2.05) is 24.1 Å². The standard InChI is InChI=1S/C30H31ClN6O3S/c1-36-16-13-32-28(36)20-5-7-21(8-6-20)29(39)34-25-11-10-23(41-19-27(38)37-14-3-2-4-15-37)17-24(25)30(40)35-26-12-9-22(31)18-33-26/h5-12,17-18H,2-4,13-16,19H2,1H3,(H,34,39)(H,33,35,40). The molecule has 3 amide bonds. The normalized spacial score (nSPS) is 14.9. The molecule has 1 aromatic heterocycles. The van der Waals surface area contributed by atoms with Crippen LogP contribution in [0.1, 0.15) is 45.5 Å². The Hall–Kier alpha value is -3.89. The van der Waals surface area contributed by atoms with Gasteiger partial charge in [0.1, 0.15) is 11.7 Å². The average molecular weight is 591 g/mol. The lowest BCUT2D eigenvalue weighted by Gasteiger charge is -2.26. The average Bonchev–Trinajstić information content (AvgIpc) is 3.43. The third-order valence-electron chi connectivity index (χ3n) is 6.99. The molecule has 1 fully saturated rings. The summed E-state index contributed by atoms with van der Waals surface area (Å²) in [4.78, 5) is 52.6. The Balaban J connectivity index is 1.33. The maximum atomic E-state index is 13.4. The predicted octanol–water partition coefficient (Wildman–Crippen LogP) is 5.04. The summed E-state index contributed by atoms with van der Waals surface area (Å²) >= 11 is 7.30. The topological polar surface area (TPSA) is 107 Å². The summed E-state index contributed by atoms with van der Waals surface area (Å²) in [7, 11) is 1.99. The van der Waals surface area contributed by atoms with Crippen LogP contribution in [0.2, 0.25) is 5.02 Å². The van der Waals surface area contributed by atoms with Gasteiger partial charge in [0.2, 0.25) is 5.91 Å². The van der Waals surface area contributed by atoms with Crippen molar-refractivity contribution in [3.8, 4) is 0 Å². The number of aromatic nitrogens is 1. The van der Waals surface area contributed by atoms with Crippen LogP contribution < -0.4 is 10.6 Å². The van der Waals surface area contributed by atoms with Crippen LogP contribution in [0.25, 0.3) is 0 Å². The fourth-order valence-electron chi connectivity index (χ4n) is 4.73. The molecule has 212 valence electrons. The van der Waals surface area contributed by atoms with Crippen molar-refractivity contribution in [1.82, 2.24) is 14.8 Å². The van der Waals surface area contributed by atoms with Gasteiger partial charge in [-0.15, -0.1) is 11.8 Å². The molecule has 2 aliphatic heterocycles. The molecule has 2 N–H and O–H groups in total. The number of amidine groups is 1. The quantitative estimate of drug-likeness (QED) is 0.356. The zero-order valence-corrected chi connectivity index (χ0v) is 24.3. The highest BCUT2D eigenvalue weighted by Crippen LogP contribution is 2.27. The Morgan fingerprint density at radius 1 is 0.927 bits per heavy atom. The molecule has 11 heteroatoms. The van der Waals surface area contributed by atoms with Gasteiger partial charge in [-0.25, -0.2) is 4.98 Å². The molecule has 1 saturated heterocycles. The Labute approximate surface area is 248 Å². The number of nitrogens with one attached hydrogen (secondary N) is 2. The summed E-state index contributed by atoms with van der Waals surface area (Å²) in [5.74, 6) is 0.791. The van der Waals surface area contributed by atoms with Crippen molar-refractivity contribution in [2.75, 3.05) is 49.6 Å². The van der Waals surface area contributed by atoms with Gasteiger partial charge in [0.25, 0.3) is 11.8 Å². The molecule has 2 aliphatic rings. The Morgan fingerprint density at radius 3 is 2.39 bits per heavy atom. The molecule has 0 atom stereocenters. The summed E-state index contributed by atoms with van der Waals surface area (Å²) < 4.78 is 0. The van der Waals surface area contributed by atoms with Crippen LogP contribution in [0, 0.1) is 0 Å². The Morgan fingerprint density at radius 2 is 1.71 bits per heavy atom. The zero-order valence-electron chi connectivity index (χ0n) is 22.7. The van der Waals surface area contributed by atoms with E-state index in [0.29, 0.717) is 22.1 Å². The number of amides is 3. The van der Waals surface area contributed by atoms with Crippen molar-refractivity contribution >= 4 is 58.4 Å². The summed E-state index contributed by atoms with van der Waals surface area (Å²) in [6.07, 6.45) is 4.66. The van der Waals surface area contributed by atoms with Crippen molar-refractivity contribution < 1.29 is 14.4 Å². The van der Waals surface area contributed by atoms with E-state index in [4.69, 9.17) is 11.6 Å². The van der Waals surface area contributed by atoms with E-state index in [9.17, 15) is 14.4 Å². The van der Waals surface area contributed by atoms with Crippen LogP contribution in [0.5, 0.6) is 0 Å². The van der Waals surface area contributed by atoms with E-state index in [1.54, 1.807) is 42.5 Å². The number of likely N-dealkylation sites (N-methyl/N-ethyl adjacent to an activating group) is 1. The van der Waals surface area contributed by atoms with Crippen LogP contribution in [0.15, 0.2) is 70.7 Å². The third kappa shape index (κ3) is 7.25. The SMILES string of the molecule is CN1CCN=C1c1ccc(C(=O)Nc2ccc(SCC(=O)N3CCCCC3)cc2C(=O)Nc2ccc(Cl)cn2)cc1. The highest BCUT2D eigenvalue weighted by Gasteiger charge is 2.20. The van der Waals surface area contributed by atoms with Gasteiger partial charge in [-0.3, -0.25) is 19.4 Å². The van der Waals surface area contributed by atoms with Gasteiger partial charge in [0.05, 0.1) is 28.6 Å². The van der Waals surface area contributed by atoms with Gasteiger partial charge in [-0.2, -0.15) is 0 Å². The molecule has 5 rings (SSSR count). The number of piperidine rings is 1. The lowest BCUT2D eigenvalue weighted by Crippen LogP contribution is -2.36. The number of hydrogen-bond donors (Lipinski definition) is 2. The molecule has 0 unspecified atom stereocenters. The number of likely N-dealkylation sites (tertiary alicyclic amines) is 1. The van der Waals surface area contributed by atoms with Gasteiger partial charge in [-0.1, -0.05) is 23.7 Å². The predicted molar refractivity (Wildman–Crippen MR) is 163 cm³/mol. The second-order valence-electron chi connectivity index (χ2n) is 9.91. The maximum Gasteiger partial charge on any atom is 0.258 e. The lowest BCUT2D eigenvalue weighted by atomic mass is 10.1. The van der Waals surface area contributed by atoms with E-state index >= 15 is 0 Å². The smallest absolute Gasteiger partial charge is 0.258 e. The Bertz CT molecular complexity index is 1460. The van der Waals surface area contributed by atoms with Crippen molar-refractivity contribution in [3.63, 3.8) is 0 Å². The van der Waals surface area contributed by atoms with Gasteiger partial charge >= 0.3 is 0 Å². The monoisotopic (exact) mass is 590 g/mol. The molecule has 0 aliphatic carbocycles. The Kier molecular flexibility index (Phi) is 9.21. The van der Waals surface area contributed by atoms with Crippen LogP contribution in [0.4, 0.5) is 11.5 Å². The van der Waals surface area contributed by atoms with Crippen LogP contribution >= 0.6 is 23.4 Å². The van der Waals surface area contributed by atoms with Gasteiger partial charge in [0.15, 0.2) is 0 Å². The minimum Gasteiger partial charge on any atom is -0.358 e. The first kappa shape index (κ1) is 28.6. The molecular weight excluding hydrogens is 560 g/mol. The number of nitrogens with zero attached hydrogens (tertiary/aromatic N) is 4.